The summed E-state index contributed by atoms with van der Waals surface area (Å²) in [6, 6.07) is 4.80. The lowest BCUT2D eigenvalue weighted by Gasteiger charge is -2.08. The number of anilines is 1. The summed E-state index contributed by atoms with van der Waals surface area (Å²) in [5, 5.41) is 3.09. The van der Waals surface area contributed by atoms with E-state index < -0.39 is 0 Å². The number of hydrogen-bond donors (Lipinski definition) is 2. The Morgan fingerprint density at radius 3 is 2.78 bits per heavy atom. The van der Waals surface area contributed by atoms with Gasteiger partial charge in [0.1, 0.15) is 10.8 Å². The van der Waals surface area contributed by atoms with E-state index >= 15 is 0 Å². The summed E-state index contributed by atoms with van der Waals surface area (Å²) >= 11 is 6.66. The number of nitrogens with two attached hydrogens (primary N) is 1. The minimum atomic E-state index is -0.301. The number of nitrogens with one attached hydrogen (secondary N) is 1. The zero-order valence-electron chi connectivity index (χ0n) is 10.5. The standard InChI is InChI=1S/C13H19FN2S2/c1-18-8-4-2-3-7-16-12-6-5-10(13(15)17)9-11(12)14/h5-6,9,16H,2-4,7-8H2,1H3,(H2,15,17). The molecule has 0 atom stereocenters. The van der Waals surface area contributed by atoms with Gasteiger partial charge in [0.25, 0.3) is 0 Å². The summed E-state index contributed by atoms with van der Waals surface area (Å²) in [7, 11) is 0. The third kappa shape index (κ3) is 5.23. The van der Waals surface area contributed by atoms with E-state index in [0.29, 0.717) is 11.3 Å². The summed E-state index contributed by atoms with van der Waals surface area (Å²) in [6.07, 6.45) is 5.54. The van der Waals surface area contributed by atoms with Gasteiger partial charge in [-0.3, -0.25) is 0 Å². The average molecular weight is 286 g/mol. The molecule has 18 heavy (non-hydrogen) atoms. The zero-order valence-corrected chi connectivity index (χ0v) is 12.2. The second-order valence-corrected chi connectivity index (χ2v) is 5.46. The van der Waals surface area contributed by atoms with Crippen molar-refractivity contribution in [2.24, 2.45) is 5.73 Å². The molecular formula is C13H19FN2S2. The van der Waals surface area contributed by atoms with Gasteiger partial charge in [-0.2, -0.15) is 11.8 Å². The van der Waals surface area contributed by atoms with Gasteiger partial charge in [0.05, 0.1) is 5.69 Å². The molecule has 0 unspecified atom stereocenters. The van der Waals surface area contributed by atoms with Crippen molar-refractivity contribution >= 4 is 34.7 Å². The van der Waals surface area contributed by atoms with Gasteiger partial charge in [-0.1, -0.05) is 18.6 Å². The van der Waals surface area contributed by atoms with Crippen LogP contribution < -0.4 is 11.1 Å². The van der Waals surface area contributed by atoms with Crippen molar-refractivity contribution in [3.05, 3.63) is 29.6 Å². The van der Waals surface area contributed by atoms with Crippen LogP contribution in [0, 0.1) is 5.82 Å². The van der Waals surface area contributed by atoms with Gasteiger partial charge >= 0.3 is 0 Å². The predicted molar refractivity (Wildman–Crippen MR) is 83.0 cm³/mol. The van der Waals surface area contributed by atoms with Gasteiger partial charge in [0.15, 0.2) is 0 Å². The maximum absolute atomic E-state index is 13.7. The van der Waals surface area contributed by atoms with Crippen LogP contribution in [0.1, 0.15) is 24.8 Å². The van der Waals surface area contributed by atoms with E-state index in [1.165, 1.54) is 24.7 Å². The minimum Gasteiger partial charge on any atom is -0.389 e. The van der Waals surface area contributed by atoms with E-state index in [9.17, 15) is 4.39 Å². The van der Waals surface area contributed by atoms with Crippen molar-refractivity contribution in [1.29, 1.82) is 0 Å². The molecule has 0 aliphatic heterocycles. The molecule has 2 nitrogen and oxygen atoms in total. The van der Waals surface area contributed by atoms with Gasteiger partial charge < -0.3 is 11.1 Å². The van der Waals surface area contributed by atoms with Gasteiger partial charge in [0.2, 0.25) is 0 Å². The number of thiocarbonyl (C=S) groups is 1. The molecule has 1 rings (SSSR count). The molecule has 1 aromatic rings. The Kier molecular flexibility index (Phi) is 7.05. The van der Waals surface area contributed by atoms with E-state index in [2.05, 4.69) is 11.6 Å². The zero-order chi connectivity index (χ0) is 13.4. The lowest BCUT2D eigenvalue weighted by Crippen LogP contribution is -2.10. The molecular weight excluding hydrogens is 267 g/mol. The fraction of sp³-hybridized carbons (Fsp3) is 0.462. The Morgan fingerprint density at radius 2 is 2.17 bits per heavy atom. The molecule has 0 fully saturated rings. The Hall–Kier alpha value is -0.810. The van der Waals surface area contributed by atoms with E-state index in [0.717, 1.165) is 13.0 Å². The van der Waals surface area contributed by atoms with Gasteiger partial charge in [-0.15, -0.1) is 0 Å². The molecule has 0 saturated heterocycles. The van der Waals surface area contributed by atoms with Crippen LogP contribution in [0.3, 0.4) is 0 Å². The van der Waals surface area contributed by atoms with Crippen LogP contribution in [0.25, 0.3) is 0 Å². The van der Waals surface area contributed by atoms with Gasteiger partial charge in [-0.05, 0) is 43.0 Å². The first-order valence-electron chi connectivity index (χ1n) is 5.97. The third-order valence-electron chi connectivity index (χ3n) is 2.59. The van der Waals surface area contributed by atoms with Crippen LogP contribution >= 0.6 is 24.0 Å². The van der Waals surface area contributed by atoms with Crippen LogP contribution in [0.4, 0.5) is 10.1 Å². The first kappa shape index (κ1) is 15.2. The maximum Gasteiger partial charge on any atom is 0.146 e. The Morgan fingerprint density at radius 1 is 1.39 bits per heavy atom. The maximum atomic E-state index is 13.7. The van der Waals surface area contributed by atoms with Crippen LogP contribution in [0.2, 0.25) is 0 Å². The van der Waals surface area contributed by atoms with Gasteiger partial charge in [0, 0.05) is 12.1 Å². The molecule has 0 aromatic heterocycles. The summed E-state index contributed by atoms with van der Waals surface area (Å²) in [6.45, 7) is 0.789. The number of thioether (sulfide) groups is 1. The highest BCUT2D eigenvalue weighted by Crippen LogP contribution is 2.16. The quantitative estimate of drug-likeness (QED) is 0.567. The molecule has 0 saturated carbocycles. The molecule has 0 aliphatic carbocycles. The molecule has 1 aromatic carbocycles. The molecule has 0 spiro atoms. The number of halogens is 1. The molecule has 5 heteroatoms. The lowest BCUT2D eigenvalue weighted by molar-refractivity contribution is 0.628. The van der Waals surface area contributed by atoms with Gasteiger partial charge in [-0.25, -0.2) is 4.39 Å². The predicted octanol–water partition coefficient (Wildman–Crippen LogP) is 3.41. The van der Waals surface area contributed by atoms with Crippen molar-refractivity contribution in [1.82, 2.24) is 0 Å². The smallest absolute Gasteiger partial charge is 0.146 e. The normalized spacial score (nSPS) is 10.3. The minimum absolute atomic E-state index is 0.220. The molecule has 0 bridgehead atoms. The first-order valence-corrected chi connectivity index (χ1v) is 7.77. The summed E-state index contributed by atoms with van der Waals surface area (Å²) in [5.74, 6) is 0.890. The van der Waals surface area contributed by atoms with Crippen molar-refractivity contribution in [2.45, 2.75) is 19.3 Å². The van der Waals surface area contributed by atoms with Crippen LogP contribution in [-0.4, -0.2) is 23.5 Å². The summed E-state index contributed by atoms with van der Waals surface area (Å²) in [4.78, 5) is 0.220. The largest absolute Gasteiger partial charge is 0.389 e. The number of hydrogen-bond acceptors (Lipinski definition) is 3. The van der Waals surface area contributed by atoms with E-state index in [1.54, 1.807) is 12.1 Å². The average Bonchev–Trinajstić information content (AvgIpc) is 2.35. The Labute approximate surface area is 118 Å². The van der Waals surface area contributed by atoms with Crippen LogP contribution in [0.15, 0.2) is 18.2 Å². The van der Waals surface area contributed by atoms with E-state index in [1.807, 2.05) is 11.8 Å². The van der Waals surface area contributed by atoms with Crippen LogP contribution in [0.5, 0.6) is 0 Å². The number of benzene rings is 1. The summed E-state index contributed by atoms with van der Waals surface area (Å²) in [5.41, 5.74) is 6.52. The lowest BCUT2D eigenvalue weighted by atomic mass is 10.2. The molecule has 100 valence electrons. The number of rotatable bonds is 8. The second kappa shape index (κ2) is 8.32. The van der Waals surface area contributed by atoms with Crippen molar-refractivity contribution < 1.29 is 4.39 Å². The third-order valence-corrected chi connectivity index (χ3v) is 3.53. The second-order valence-electron chi connectivity index (χ2n) is 4.04. The summed E-state index contributed by atoms with van der Waals surface area (Å²) < 4.78 is 13.7. The monoisotopic (exact) mass is 286 g/mol. The Bertz CT molecular complexity index is 397. The van der Waals surface area contributed by atoms with Crippen molar-refractivity contribution in [3.8, 4) is 0 Å². The van der Waals surface area contributed by atoms with Crippen LogP contribution in [-0.2, 0) is 0 Å². The Balaban J connectivity index is 2.36. The molecule has 0 heterocycles. The first-order chi connectivity index (χ1) is 8.65. The van der Waals surface area contributed by atoms with E-state index in [4.69, 9.17) is 18.0 Å². The number of unbranched alkanes of at least 4 members (excludes halogenated alkanes) is 2. The molecule has 0 amide bonds. The highest BCUT2D eigenvalue weighted by molar-refractivity contribution is 7.98. The van der Waals surface area contributed by atoms with Crippen molar-refractivity contribution in [3.63, 3.8) is 0 Å². The molecule has 0 radical (unpaired) electrons. The highest BCUT2D eigenvalue weighted by Gasteiger charge is 2.04. The highest BCUT2D eigenvalue weighted by atomic mass is 32.2. The van der Waals surface area contributed by atoms with Crippen molar-refractivity contribution in [2.75, 3.05) is 23.9 Å². The SMILES string of the molecule is CSCCCCCNc1ccc(C(N)=S)cc1F. The van der Waals surface area contributed by atoms with E-state index in [-0.39, 0.29) is 10.8 Å². The fourth-order valence-electron chi connectivity index (χ4n) is 1.58. The topological polar surface area (TPSA) is 38.0 Å². The molecule has 3 N–H and O–H groups in total. The fourth-order valence-corrected chi connectivity index (χ4v) is 2.20. The molecule has 0 aliphatic rings.